The average Bonchev–Trinajstić information content (AvgIpc) is 3.06. The summed E-state index contributed by atoms with van der Waals surface area (Å²) in [5.74, 6) is 1.51. The Bertz CT molecular complexity index is 341. The molecule has 3 aliphatic rings. The van der Waals surface area contributed by atoms with Gasteiger partial charge >= 0.3 is 0 Å². The summed E-state index contributed by atoms with van der Waals surface area (Å²) >= 11 is 0. The fourth-order valence-electron chi connectivity index (χ4n) is 4.19. The normalized spacial score (nSPS) is 35.3. The van der Waals surface area contributed by atoms with Crippen molar-refractivity contribution >= 4 is 5.91 Å². The molecule has 2 aliphatic heterocycles. The van der Waals surface area contributed by atoms with Gasteiger partial charge in [-0.2, -0.15) is 0 Å². The number of carbonyl (C=O) groups excluding carboxylic acids is 1. The van der Waals surface area contributed by atoms with Crippen molar-refractivity contribution < 1.29 is 9.53 Å². The Hall–Kier alpha value is -0.610. The number of amides is 1. The minimum absolute atomic E-state index is 0.272. The Kier molecular flexibility index (Phi) is 3.81. The molecule has 1 N–H and O–H groups in total. The van der Waals surface area contributed by atoms with Gasteiger partial charge in [0, 0.05) is 26.7 Å². The maximum absolute atomic E-state index is 12.9. The third-order valence-corrected chi connectivity index (χ3v) is 5.36. The number of hydrogen-bond acceptors (Lipinski definition) is 3. The average molecular weight is 266 g/mol. The van der Waals surface area contributed by atoms with E-state index in [2.05, 4.69) is 5.32 Å². The van der Waals surface area contributed by atoms with Crippen LogP contribution in [0.25, 0.3) is 0 Å². The Morgan fingerprint density at radius 1 is 1.37 bits per heavy atom. The van der Waals surface area contributed by atoms with Crippen LogP contribution in [-0.4, -0.2) is 50.7 Å². The van der Waals surface area contributed by atoms with Crippen LogP contribution in [0, 0.1) is 17.3 Å². The molecule has 0 bridgehead atoms. The van der Waals surface area contributed by atoms with Gasteiger partial charge in [-0.05, 0) is 37.6 Å². The molecule has 3 fully saturated rings. The van der Waals surface area contributed by atoms with Crippen molar-refractivity contribution in [3.63, 3.8) is 0 Å². The van der Waals surface area contributed by atoms with E-state index in [1.54, 1.807) is 0 Å². The van der Waals surface area contributed by atoms with Crippen LogP contribution < -0.4 is 5.32 Å². The minimum Gasteiger partial charge on any atom is -0.380 e. The van der Waals surface area contributed by atoms with E-state index >= 15 is 0 Å². The first-order valence-electron chi connectivity index (χ1n) is 7.76. The SMILES string of the molecule is CN(CC1CCCC1)C(=O)[C@]12CNC[C@H]1CCOC2. The highest BCUT2D eigenvalue weighted by atomic mass is 16.5. The summed E-state index contributed by atoms with van der Waals surface area (Å²) in [6, 6.07) is 0. The van der Waals surface area contributed by atoms with Crippen molar-refractivity contribution in [3.8, 4) is 0 Å². The summed E-state index contributed by atoms with van der Waals surface area (Å²) in [5, 5.41) is 3.41. The van der Waals surface area contributed by atoms with Crippen LogP contribution in [-0.2, 0) is 9.53 Å². The predicted octanol–water partition coefficient (Wildman–Crippen LogP) is 1.26. The van der Waals surface area contributed by atoms with E-state index in [0.717, 1.165) is 38.6 Å². The van der Waals surface area contributed by atoms with Gasteiger partial charge in [0.25, 0.3) is 0 Å². The third kappa shape index (κ3) is 2.40. The lowest BCUT2D eigenvalue weighted by Crippen LogP contribution is -2.52. The number of ether oxygens (including phenoxy) is 1. The molecule has 0 radical (unpaired) electrons. The predicted molar refractivity (Wildman–Crippen MR) is 73.8 cm³/mol. The molecule has 0 aromatic rings. The molecular formula is C15H26N2O2. The summed E-state index contributed by atoms with van der Waals surface area (Å²) in [7, 11) is 1.99. The summed E-state index contributed by atoms with van der Waals surface area (Å²) in [4.78, 5) is 14.9. The summed E-state index contributed by atoms with van der Waals surface area (Å²) < 4.78 is 5.64. The molecule has 108 valence electrons. The van der Waals surface area contributed by atoms with Gasteiger partial charge in [-0.3, -0.25) is 4.79 Å². The molecule has 2 saturated heterocycles. The Morgan fingerprint density at radius 3 is 2.95 bits per heavy atom. The van der Waals surface area contributed by atoms with Gasteiger partial charge in [0.2, 0.25) is 5.91 Å². The van der Waals surface area contributed by atoms with E-state index in [4.69, 9.17) is 4.74 Å². The van der Waals surface area contributed by atoms with E-state index in [-0.39, 0.29) is 5.41 Å². The zero-order chi connectivity index (χ0) is 13.3. The van der Waals surface area contributed by atoms with Crippen molar-refractivity contribution in [3.05, 3.63) is 0 Å². The minimum atomic E-state index is -0.272. The van der Waals surface area contributed by atoms with E-state index in [0.29, 0.717) is 18.4 Å². The van der Waals surface area contributed by atoms with E-state index in [1.807, 2.05) is 11.9 Å². The zero-order valence-electron chi connectivity index (χ0n) is 12.0. The van der Waals surface area contributed by atoms with Crippen LogP contribution in [0.15, 0.2) is 0 Å². The highest BCUT2D eigenvalue weighted by Gasteiger charge is 2.52. The van der Waals surface area contributed by atoms with Crippen molar-refractivity contribution in [2.24, 2.45) is 17.3 Å². The molecule has 0 unspecified atom stereocenters. The molecule has 0 aromatic carbocycles. The molecule has 1 amide bonds. The lowest BCUT2D eigenvalue weighted by Gasteiger charge is -2.40. The van der Waals surface area contributed by atoms with Gasteiger partial charge in [0.1, 0.15) is 0 Å². The standard InChI is InChI=1S/C15H26N2O2/c1-17(9-12-4-2-3-5-12)14(18)15-10-16-8-13(15)6-7-19-11-15/h12-13,16H,2-11H2,1H3/t13-,15+/m1/s1. The van der Waals surface area contributed by atoms with Gasteiger partial charge < -0.3 is 15.0 Å². The summed E-state index contributed by atoms with van der Waals surface area (Å²) in [6.45, 7) is 4.14. The molecule has 0 aromatic heterocycles. The first-order valence-corrected chi connectivity index (χ1v) is 7.76. The number of fused-ring (bicyclic) bond motifs is 1. The molecule has 3 rings (SSSR count). The highest BCUT2D eigenvalue weighted by molar-refractivity contribution is 5.84. The maximum atomic E-state index is 12.9. The lowest BCUT2D eigenvalue weighted by atomic mass is 9.74. The number of hydrogen-bond donors (Lipinski definition) is 1. The first-order chi connectivity index (χ1) is 9.22. The smallest absolute Gasteiger partial charge is 0.232 e. The first kappa shape index (κ1) is 13.4. The van der Waals surface area contributed by atoms with Gasteiger partial charge in [-0.25, -0.2) is 0 Å². The van der Waals surface area contributed by atoms with Crippen molar-refractivity contribution in [2.45, 2.75) is 32.1 Å². The molecule has 0 spiro atoms. The molecule has 4 nitrogen and oxygen atoms in total. The molecule has 19 heavy (non-hydrogen) atoms. The fraction of sp³-hybridized carbons (Fsp3) is 0.933. The van der Waals surface area contributed by atoms with Crippen molar-refractivity contribution in [1.29, 1.82) is 0 Å². The van der Waals surface area contributed by atoms with Gasteiger partial charge in [-0.1, -0.05) is 12.8 Å². The molecular weight excluding hydrogens is 240 g/mol. The number of nitrogens with one attached hydrogen (secondary N) is 1. The topological polar surface area (TPSA) is 41.6 Å². The maximum Gasteiger partial charge on any atom is 0.232 e. The molecule has 4 heteroatoms. The quantitative estimate of drug-likeness (QED) is 0.836. The number of carbonyl (C=O) groups is 1. The van der Waals surface area contributed by atoms with Gasteiger partial charge in [-0.15, -0.1) is 0 Å². The largest absolute Gasteiger partial charge is 0.380 e. The molecule has 2 heterocycles. The van der Waals surface area contributed by atoms with Gasteiger partial charge in [0.15, 0.2) is 0 Å². The highest BCUT2D eigenvalue weighted by Crippen LogP contribution is 2.39. The fourth-order valence-corrected chi connectivity index (χ4v) is 4.19. The molecule has 2 atom stereocenters. The van der Waals surface area contributed by atoms with Gasteiger partial charge in [0.05, 0.1) is 12.0 Å². The van der Waals surface area contributed by atoms with E-state index < -0.39 is 0 Å². The van der Waals surface area contributed by atoms with E-state index in [1.165, 1.54) is 25.7 Å². The Morgan fingerprint density at radius 2 is 2.16 bits per heavy atom. The second kappa shape index (κ2) is 5.41. The van der Waals surface area contributed by atoms with Crippen LogP contribution in [0.5, 0.6) is 0 Å². The number of nitrogens with zero attached hydrogens (tertiary/aromatic N) is 1. The van der Waals surface area contributed by atoms with Crippen LogP contribution in [0.3, 0.4) is 0 Å². The summed E-state index contributed by atoms with van der Waals surface area (Å²) in [6.07, 6.45) is 6.29. The van der Waals surface area contributed by atoms with Crippen LogP contribution in [0.2, 0.25) is 0 Å². The molecule has 1 aliphatic carbocycles. The Labute approximate surface area is 115 Å². The van der Waals surface area contributed by atoms with Crippen molar-refractivity contribution in [1.82, 2.24) is 10.2 Å². The molecule has 1 saturated carbocycles. The summed E-state index contributed by atoms with van der Waals surface area (Å²) in [5.41, 5.74) is -0.272. The monoisotopic (exact) mass is 266 g/mol. The second-order valence-electron chi connectivity index (χ2n) is 6.66. The van der Waals surface area contributed by atoms with E-state index in [9.17, 15) is 4.79 Å². The zero-order valence-corrected chi connectivity index (χ0v) is 12.0. The lowest BCUT2D eigenvalue weighted by molar-refractivity contribution is -0.151. The van der Waals surface area contributed by atoms with Crippen LogP contribution in [0.4, 0.5) is 0 Å². The Balaban J connectivity index is 1.67. The van der Waals surface area contributed by atoms with Crippen LogP contribution >= 0.6 is 0 Å². The number of rotatable bonds is 3. The third-order valence-electron chi connectivity index (χ3n) is 5.36. The van der Waals surface area contributed by atoms with Crippen LogP contribution in [0.1, 0.15) is 32.1 Å². The second-order valence-corrected chi connectivity index (χ2v) is 6.66. The van der Waals surface area contributed by atoms with Crippen molar-refractivity contribution in [2.75, 3.05) is 39.9 Å².